The monoisotopic (exact) mass is 353 g/mol. The van der Waals surface area contributed by atoms with E-state index in [0.717, 1.165) is 12.8 Å². The van der Waals surface area contributed by atoms with Gasteiger partial charge in [-0.1, -0.05) is 76.9 Å². The molecule has 0 rings (SSSR count). The van der Waals surface area contributed by atoms with Gasteiger partial charge in [-0.05, 0) is 36.7 Å². The Kier molecular flexibility index (Phi) is 25.7. The average molecular weight is 353 g/mol. The molecule has 1 atom stereocenters. The summed E-state index contributed by atoms with van der Waals surface area (Å²) in [5, 5.41) is 0. The molecule has 1 unspecified atom stereocenters. The molecule has 0 saturated heterocycles. The molecular formula is C18H35NaO3P+. The van der Waals surface area contributed by atoms with Crippen LogP contribution in [0.3, 0.4) is 0 Å². The summed E-state index contributed by atoms with van der Waals surface area (Å²) in [4.78, 5) is 10.2. The van der Waals surface area contributed by atoms with Crippen LogP contribution in [0.1, 0.15) is 96.8 Å². The Balaban J connectivity index is 0. The van der Waals surface area contributed by atoms with Crippen molar-refractivity contribution in [2.24, 2.45) is 0 Å². The molecule has 0 aliphatic rings. The predicted octanol–water partition coefficient (Wildman–Crippen LogP) is 3.06. The second-order valence-corrected chi connectivity index (χ2v) is 6.70. The Hall–Kier alpha value is 0.760. The third kappa shape index (κ3) is 25.1. The minimum Gasteiger partial charge on any atom is -0.566 e. The van der Waals surface area contributed by atoms with Crippen LogP contribution in [0.2, 0.25) is 0 Å². The molecule has 5 heteroatoms. The average Bonchev–Trinajstić information content (AvgIpc) is 2.50. The summed E-state index contributed by atoms with van der Waals surface area (Å²) < 4.78 is 14.7. The molecule has 0 amide bonds. The van der Waals surface area contributed by atoms with Gasteiger partial charge in [0.05, 0.1) is 0 Å². The van der Waals surface area contributed by atoms with Gasteiger partial charge in [-0.15, -0.1) is 4.52 Å². The topological polar surface area (TPSA) is 49.4 Å². The standard InChI is InChI=1S/C18H35O3P.Na/c1-2-3-4-5-6-7-8-9-10-11-12-13-14-15-16-17-18-21-22(19)20;/h9-10H,2-8,11-18H2,1H3;/q;+1/b10-9-;. The maximum absolute atomic E-state index is 10.2. The minimum atomic E-state index is -2.65. The van der Waals surface area contributed by atoms with E-state index < -0.39 is 8.25 Å². The molecule has 0 aliphatic heterocycles. The van der Waals surface area contributed by atoms with Crippen LogP contribution in [-0.4, -0.2) is 6.61 Å². The van der Waals surface area contributed by atoms with Gasteiger partial charge in [0.2, 0.25) is 0 Å². The maximum atomic E-state index is 10.2. The summed E-state index contributed by atoms with van der Waals surface area (Å²) in [6.45, 7) is 2.61. The van der Waals surface area contributed by atoms with E-state index in [1.54, 1.807) is 0 Å². The smallest absolute Gasteiger partial charge is 0.566 e. The molecule has 0 fully saturated rings. The Bertz CT molecular complexity index is 273. The molecule has 0 bridgehead atoms. The van der Waals surface area contributed by atoms with Gasteiger partial charge in [0.25, 0.3) is 0 Å². The van der Waals surface area contributed by atoms with Crippen molar-refractivity contribution in [1.82, 2.24) is 0 Å². The fourth-order valence-electron chi connectivity index (χ4n) is 2.49. The number of hydrogen-bond acceptors (Lipinski definition) is 3. The van der Waals surface area contributed by atoms with E-state index in [1.165, 1.54) is 77.0 Å². The third-order valence-corrected chi connectivity index (χ3v) is 4.25. The van der Waals surface area contributed by atoms with Crippen LogP contribution in [-0.2, 0) is 9.09 Å². The first kappa shape index (κ1) is 26.0. The fraction of sp³-hybridized carbons (Fsp3) is 0.889. The van der Waals surface area contributed by atoms with Crippen LogP contribution in [0, 0.1) is 0 Å². The van der Waals surface area contributed by atoms with Gasteiger partial charge in [0.15, 0.2) is 0 Å². The van der Waals surface area contributed by atoms with Crippen LogP contribution in [0.25, 0.3) is 0 Å². The van der Waals surface area contributed by atoms with Crippen molar-refractivity contribution in [2.75, 3.05) is 6.61 Å². The number of rotatable bonds is 17. The first-order valence-electron chi connectivity index (χ1n) is 9.19. The molecule has 0 aromatic rings. The van der Waals surface area contributed by atoms with Crippen molar-refractivity contribution in [2.45, 2.75) is 96.8 Å². The third-order valence-electron chi connectivity index (χ3n) is 3.85. The second-order valence-electron chi connectivity index (χ2n) is 5.99. The quantitative estimate of drug-likeness (QED) is 0.175. The minimum absolute atomic E-state index is 0. The van der Waals surface area contributed by atoms with E-state index in [4.69, 9.17) is 0 Å². The molecule has 0 aromatic carbocycles. The van der Waals surface area contributed by atoms with Gasteiger partial charge in [0.1, 0.15) is 6.61 Å². The van der Waals surface area contributed by atoms with Crippen molar-refractivity contribution in [3.8, 4) is 0 Å². The molecule has 0 spiro atoms. The van der Waals surface area contributed by atoms with Gasteiger partial charge in [-0.3, -0.25) is 0 Å². The molecule has 130 valence electrons. The summed E-state index contributed by atoms with van der Waals surface area (Å²) in [5.41, 5.74) is 0. The Morgan fingerprint density at radius 3 is 1.70 bits per heavy atom. The number of allylic oxidation sites excluding steroid dienone is 2. The van der Waals surface area contributed by atoms with Crippen molar-refractivity contribution < 1.29 is 43.5 Å². The largest absolute Gasteiger partial charge is 1.00 e. The molecule has 3 nitrogen and oxygen atoms in total. The zero-order valence-electron chi connectivity index (χ0n) is 15.4. The van der Waals surface area contributed by atoms with Crippen molar-refractivity contribution >= 4 is 8.25 Å². The predicted molar refractivity (Wildman–Crippen MR) is 93.0 cm³/mol. The van der Waals surface area contributed by atoms with Gasteiger partial charge in [-0.2, -0.15) is 0 Å². The Labute approximate surface area is 166 Å². The van der Waals surface area contributed by atoms with Crippen LogP contribution in [0.15, 0.2) is 12.2 Å². The number of hydrogen-bond donors (Lipinski definition) is 0. The molecule has 23 heavy (non-hydrogen) atoms. The van der Waals surface area contributed by atoms with Crippen LogP contribution < -0.4 is 34.5 Å². The summed E-state index contributed by atoms with van der Waals surface area (Å²) in [6.07, 6.45) is 22.3. The van der Waals surface area contributed by atoms with Crippen molar-refractivity contribution in [1.29, 1.82) is 0 Å². The van der Waals surface area contributed by atoms with E-state index in [2.05, 4.69) is 23.6 Å². The van der Waals surface area contributed by atoms with Crippen molar-refractivity contribution in [3.63, 3.8) is 0 Å². The molecule has 0 heterocycles. The molecule has 0 radical (unpaired) electrons. The van der Waals surface area contributed by atoms with Gasteiger partial charge in [0, 0.05) is 0 Å². The Morgan fingerprint density at radius 1 is 0.783 bits per heavy atom. The number of unbranched alkanes of at least 4 members (excludes halogenated alkanes) is 12. The fourth-order valence-corrected chi connectivity index (χ4v) is 2.77. The zero-order valence-corrected chi connectivity index (χ0v) is 18.3. The van der Waals surface area contributed by atoms with E-state index in [-0.39, 0.29) is 29.6 Å². The SMILES string of the molecule is CCCCCCCC/C=C\CCCCCCCCO[P+](=O)[O-].[Na+]. The summed E-state index contributed by atoms with van der Waals surface area (Å²) in [6, 6.07) is 0. The molecule has 0 aromatic heterocycles. The molecule has 0 aliphatic carbocycles. The summed E-state index contributed by atoms with van der Waals surface area (Å²) in [5.74, 6) is 0. The first-order valence-corrected chi connectivity index (χ1v) is 10.3. The summed E-state index contributed by atoms with van der Waals surface area (Å²) in [7, 11) is -2.65. The maximum Gasteiger partial charge on any atom is 1.00 e. The van der Waals surface area contributed by atoms with Gasteiger partial charge < -0.3 is 4.89 Å². The molecule has 0 N–H and O–H groups in total. The Morgan fingerprint density at radius 2 is 1.22 bits per heavy atom. The van der Waals surface area contributed by atoms with E-state index in [0.29, 0.717) is 6.61 Å². The van der Waals surface area contributed by atoms with Crippen molar-refractivity contribution in [3.05, 3.63) is 12.2 Å². The zero-order chi connectivity index (χ0) is 16.3. The van der Waals surface area contributed by atoms with Crippen LogP contribution in [0.4, 0.5) is 0 Å². The van der Waals surface area contributed by atoms with Crippen LogP contribution in [0.5, 0.6) is 0 Å². The van der Waals surface area contributed by atoms with Crippen LogP contribution >= 0.6 is 8.25 Å². The first-order chi connectivity index (χ1) is 10.8. The van der Waals surface area contributed by atoms with E-state index in [1.807, 2.05) is 0 Å². The summed E-state index contributed by atoms with van der Waals surface area (Å²) >= 11 is 0. The van der Waals surface area contributed by atoms with E-state index in [9.17, 15) is 9.46 Å². The van der Waals surface area contributed by atoms with E-state index >= 15 is 0 Å². The van der Waals surface area contributed by atoms with Gasteiger partial charge in [-0.25, -0.2) is 0 Å². The van der Waals surface area contributed by atoms with Gasteiger partial charge >= 0.3 is 37.8 Å². The molecule has 0 saturated carbocycles. The second kappa shape index (κ2) is 22.8. The molecular weight excluding hydrogens is 318 g/mol. The normalized spacial score (nSPS) is 11.7.